The molecule has 19 heavy (non-hydrogen) atoms. The lowest BCUT2D eigenvalue weighted by Gasteiger charge is -2.10. The molecule has 0 fully saturated rings. The fourth-order valence-electron chi connectivity index (χ4n) is 1.50. The van der Waals surface area contributed by atoms with Crippen molar-refractivity contribution in [1.82, 2.24) is 19.9 Å². The van der Waals surface area contributed by atoms with Gasteiger partial charge in [-0.25, -0.2) is 15.0 Å². The van der Waals surface area contributed by atoms with Crippen molar-refractivity contribution in [1.29, 1.82) is 0 Å². The third kappa shape index (κ3) is 3.96. The average molecular weight is 277 g/mol. The maximum absolute atomic E-state index is 4.57. The third-order valence-electron chi connectivity index (χ3n) is 2.47. The molecule has 0 saturated heterocycles. The van der Waals surface area contributed by atoms with Crippen molar-refractivity contribution in [2.45, 2.75) is 43.3 Å². The summed E-state index contributed by atoms with van der Waals surface area (Å²) in [5.74, 6) is 2.05. The molecule has 0 unspecified atom stereocenters. The van der Waals surface area contributed by atoms with E-state index in [0.717, 1.165) is 34.8 Å². The number of hydrogen-bond acceptors (Lipinski definition) is 5. The lowest BCUT2D eigenvalue weighted by Crippen LogP contribution is -2.06. The fourth-order valence-corrected chi connectivity index (χ4v) is 2.25. The van der Waals surface area contributed by atoms with Gasteiger partial charge in [-0.3, -0.25) is 0 Å². The van der Waals surface area contributed by atoms with E-state index in [2.05, 4.69) is 46.0 Å². The van der Waals surface area contributed by atoms with E-state index in [0.29, 0.717) is 5.92 Å². The summed E-state index contributed by atoms with van der Waals surface area (Å²) in [5, 5.41) is 5.07. The van der Waals surface area contributed by atoms with Crippen molar-refractivity contribution in [3.8, 4) is 0 Å². The molecule has 0 aliphatic rings. The first kappa shape index (κ1) is 13.9. The van der Waals surface area contributed by atoms with E-state index in [-0.39, 0.29) is 0 Å². The molecule has 6 heteroatoms. The van der Waals surface area contributed by atoms with Gasteiger partial charge in [-0.1, -0.05) is 20.8 Å². The van der Waals surface area contributed by atoms with Crippen LogP contribution in [0.15, 0.2) is 28.6 Å². The van der Waals surface area contributed by atoms with Gasteiger partial charge in [-0.05, 0) is 18.2 Å². The normalized spacial score (nSPS) is 10.9. The number of nitrogens with zero attached hydrogens (tertiary/aromatic N) is 3. The van der Waals surface area contributed by atoms with Gasteiger partial charge in [0.15, 0.2) is 5.16 Å². The van der Waals surface area contributed by atoms with E-state index < -0.39 is 0 Å². The van der Waals surface area contributed by atoms with Gasteiger partial charge in [0.1, 0.15) is 16.7 Å². The van der Waals surface area contributed by atoms with Crippen molar-refractivity contribution in [2.75, 3.05) is 11.9 Å². The topological polar surface area (TPSA) is 66.5 Å². The molecule has 0 aliphatic carbocycles. The monoisotopic (exact) mass is 277 g/mol. The maximum Gasteiger partial charge on any atom is 0.171 e. The Morgan fingerprint density at radius 2 is 2.21 bits per heavy atom. The highest BCUT2D eigenvalue weighted by atomic mass is 32.2. The highest BCUT2D eigenvalue weighted by Crippen LogP contribution is 2.25. The van der Waals surface area contributed by atoms with Gasteiger partial charge in [0.05, 0.1) is 0 Å². The molecule has 0 bridgehead atoms. The Balaban J connectivity index is 2.23. The highest BCUT2D eigenvalue weighted by molar-refractivity contribution is 7.99. The van der Waals surface area contributed by atoms with Gasteiger partial charge in [0.2, 0.25) is 0 Å². The Kier molecular flexibility index (Phi) is 4.79. The Morgan fingerprint density at radius 1 is 1.37 bits per heavy atom. The third-order valence-corrected chi connectivity index (χ3v) is 3.30. The Bertz CT molecular complexity index is 510. The predicted octanol–water partition coefficient (Wildman–Crippen LogP) is 3.30. The molecule has 2 heterocycles. The zero-order valence-corrected chi connectivity index (χ0v) is 12.3. The molecule has 0 atom stereocenters. The van der Waals surface area contributed by atoms with Crippen molar-refractivity contribution >= 4 is 17.6 Å². The quantitative estimate of drug-likeness (QED) is 0.793. The molecule has 2 rings (SSSR count). The predicted molar refractivity (Wildman–Crippen MR) is 77.6 cm³/mol. The largest absolute Gasteiger partial charge is 0.370 e. The van der Waals surface area contributed by atoms with Gasteiger partial charge in [0, 0.05) is 30.9 Å². The summed E-state index contributed by atoms with van der Waals surface area (Å²) in [5.41, 5.74) is 0. The molecule has 2 aromatic heterocycles. The summed E-state index contributed by atoms with van der Waals surface area (Å²) in [6.07, 6.45) is 4.62. The summed E-state index contributed by atoms with van der Waals surface area (Å²) in [7, 11) is 0. The number of rotatable bonds is 6. The van der Waals surface area contributed by atoms with Gasteiger partial charge >= 0.3 is 0 Å². The molecule has 0 spiro atoms. The molecule has 0 aliphatic heterocycles. The van der Waals surface area contributed by atoms with Crippen LogP contribution in [-0.2, 0) is 0 Å². The Hall–Kier alpha value is -1.56. The summed E-state index contributed by atoms with van der Waals surface area (Å²) in [4.78, 5) is 16.4. The van der Waals surface area contributed by atoms with Crippen LogP contribution < -0.4 is 5.32 Å². The molecule has 0 amide bonds. The van der Waals surface area contributed by atoms with Crippen LogP contribution in [0.1, 0.15) is 38.9 Å². The van der Waals surface area contributed by atoms with E-state index in [9.17, 15) is 0 Å². The highest BCUT2D eigenvalue weighted by Gasteiger charge is 2.09. The lowest BCUT2D eigenvalue weighted by molar-refractivity contribution is 0.752. The van der Waals surface area contributed by atoms with Gasteiger partial charge in [-0.2, -0.15) is 0 Å². The van der Waals surface area contributed by atoms with E-state index in [1.165, 1.54) is 11.8 Å². The Labute approximate surface area is 117 Å². The zero-order chi connectivity index (χ0) is 13.7. The molecular formula is C13H19N5S. The number of H-pyrrole nitrogens is 1. The van der Waals surface area contributed by atoms with Crippen molar-refractivity contribution in [2.24, 2.45) is 0 Å². The minimum absolute atomic E-state index is 0.305. The van der Waals surface area contributed by atoms with E-state index >= 15 is 0 Å². The van der Waals surface area contributed by atoms with Crippen LogP contribution in [0.2, 0.25) is 0 Å². The van der Waals surface area contributed by atoms with Crippen molar-refractivity contribution in [3.05, 3.63) is 24.3 Å². The summed E-state index contributed by atoms with van der Waals surface area (Å²) in [6, 6.07) is 1.97. The standard InChI is InChI=1S/C13H19N5S/c1-4-5-14-10-8-11(18-12(17-10)9(2)3)19-13-15-6-7-16-13/h6-9H,4-5H2,1-3H3,(H,15,16)(H,14,17,18). The molecule has 102 valence electrons. The summed E-state index contributed by atoms with van der Waals surface area (Å²) >= 11 is 1.52. The van der Waals surface area contributed by atoms with Gasteiger partial charge in [0.25, 0.3) is 0 Å². The van der Waals surface area contributed by atoms with Crippen LogP contribution in [0.5, 0.6) is 0 Å². The van der Waals surface area contributed by atoms with Crippen LogP contribution in [-0.4, -0.2) is 26.5 Å². The van der Waals surface area contributed by atoms with Crippen LogP contribution >= 0.6 is 11.8 Å². The number of aromatic amines is 1. The first-order valence-electron chi connectivity index (χ1n) is 6.49. The molecule has 5 nitrogen and oxygen atoms in total. The second-order valence-electron chi connectivity index (χ2n) is 4.53. The summed E-state index contributed by atoms with van der Waals surface area (Å²) in [6.45, 7) is 7.25. The molecule has 0 radical (unpaired) electrons. The Morgan fingerprint density at radius 3 is 2.84 bits per heavy atom. The maximum atomic E-state index is 4.57. The zero-order valence-electron chi connectivity index (χ0n) is 11.5. The van der Waals surface area contributed by atoms with E-state index in [1.807, 2.05) is 12.3 Å². The lowest BCUT2D eigenvalue weighted by atomic mass is 10.2. The molecule has 2 aromatic rings. The second-order valence-corrected chi connectivity index (χ2v) is 5.54. The molecule has 0 aromatic carbocycles. The van der Waals surface area contributed by atoms with Crippen molar-refractivity contribution < 1.29 is 0 Å². The first-order valence-corrected chi connectivity index (χ1v) is 7.30. The minimum Gasteiger partial charge on any atom is -0.370 e. The minimum atomic E-state index is 0.305. The smallest absolute Gasteiger partial charge is 0.171 e. The van der Waals surface area contributed by atoms with E-state index in [1.54, 1.807) is 6.20 Å². The van der Waals surface area contributed by atoms with E-state index in [4.69, 9.17) is 0 Å². The van der Waals surface area contributed by atoms with Crippen molar-refractivity contribution in [3.63, 3.8) is 0 Å². The van der Waals surface area contributed by atoms with Gasteiger partial charge in [-0.15, -0.1) is 0 Å². The first-order chi connectivity index (χ1) is 9.19. The number of imidazole rings is 1. The molecular weight excluding hydrogens is 258 g/mol. The number of aromatic nitrogens is 4. The number of anilines is 1. The number of hydrogen-bond donors (Lipinski definition) is 2. The number of nitrogens with one attached hydrogen (secondary N) is 2. The molecule has 2 N–H and O–H groups in total. The SMILES string of the molecule is CCCNc1cc(Sc2ncc[nH]2)nc(C(C)C)n1. The summed E-state index contributed by atoms with van der Waals surface area (Å²) < 4.78 is 0. The van der Waals surface area contributed by atoms with Crippen LogP contribution in [0.3, 0.4) is 0 Å². The average Bonchev–Trinajstić information content (AvgIpc) is 2.89. The fraction of sp³-hybridized carbons (Fsp3) is 0.462. The van der Waals surface area contributed by atoms with Gasteiger partial charge < -0.3 is 10.3 Å². The van der Waals surface area contributed by atoms with Crippen LogP contribution in [0.4, 0.5) is 5.82 Å². The van der Waals surface area contributed by atoms with Crippen LogP contribution in [0, 0.1) is 0 Å². The van der Waals surface area contributed by atoms with Crippen LogP contribution in [0.25, 0.3) is 0 Å². The molecule has 0 saturated carbocycles. The second kappa shape index (κ2) is 6.56.